The van der Waals surface area contributed by atoms with E-state index in [1.54, 1.807) is 25.1 Å². The highest BCUT2D eigenvalue weighted by Crippen LogP contribution is 2.22. The molecule has 0 atom stereocenters. The number of anilines is 1. The van der Waals surface area contributed by atoms with Gasteiger partial charge in [0.2, 0.25) is 0 Å². The Morgan fingerprint density at radius 3 is 2.60 bits per heavy atom. The maximum atomic E-state index is 13.7. The SMILES string of the molecule is Cc1c(F)cc(C#N)cc1NCc1ccc(Br)cc1F. The lowest BCUT2D eigenvalue weighted by molar-refractivity contribution is 0.611. The van der Waals surface area contributed by atoms with Crippen molar-refractivity contribution in [2.75, 3.05) is 5.32 Å². The first-order chi connectivity index (χ1) is 9.51. The van der Waals surface area contributed by atoms with E-state index in [0.29, 0.717) is 21.3 Å². The first-order valence-electron chi connectivity index (χ1n) is 5.89. The van der Waals surface area contributed by atoms with Gasteiger partial charge >= 0.3 is 0 Å². The predicted molar refractivity (Wildman–Crippen MR) is 77.3 cm³/mol. The molecule has 0 aliphatic carbocycles. The fraction of sp³-hybridized carbons (Fsp3) is 0.133. The average molecular weight is 337 g/mol. The fourth-order valence-corrected chi connectivity index (χ4v) is 2.12. The maximum absolute atomic E-state index is 13.7. The van der Waals surface area contributed by atoms with Crippen molar-refractivity contribution in [1.29, 1.82) is 5.26 Å². The largest absolute Gasteiger partial charge is 0.381 e. The molecule has 20 heavy (non-hydrogen) atoms. The Kier molecular flexibility index (Phi) is 4.35. The second-order valence-corrected chi connectivity index (χ2v) is 5.25. The molecule has 102 valence electrons. The van der Waals surface area contributed by atoms with Crippen molar-refractivity contribution in [2.45, 2.75) is 13.5 Å². The lowest BCUT2D eigenvalue weighted by atomic mass is 10.1. The zero-order valence-electron chi connectivity index (χ0n) is 10.7. The normalized spacial score (nSPS) is 10.2. The van der Waals surface area contributed by atoms with E-state index in [1.807, 2.05) is 6.07 Å². The number of halogens is 3. The zero-order valence-corrected chi connectivity index (χ0v) is 12.3. The second-order valence-electron chi connectivity index (χ2n) is 4.33. The molecule has 0 unspecified atom stereocenters. The third kappa shape index (κ3) is 3.14. The molecular formula is C15H11BrF2N2. The van der Waals surface area contributed by atoms with Crippen LogP contribution in [0.1, 0.15) is 16.7 Å². The van der Waals surface area contributed by atoms with Crippen LogP contribution in [0.5, 0.6) is 0 Å². The second kappa shape index (κ2) is 6.02. The summed E-state index contributed by atoms with van der Waals surface area (Å²) in [6.45, 7) is 1.82. The molecule has 0 aromatic heterocycles. The van der Waals surface area contributed by atoms with Gasteiger partial charge in [0.15, 0.2) is 0 Å². The van der Waals surface area contributed by atoms with Crippen LogP contribution in [0.3, 0.4) is 0 Å². The van der Waals surface area contributed by atoms with Crippen molar-refractivity contribution in [3.8, 4) is 6.07 Å². The van der Waals surface area contributed by atoms with Crippen LogP contribution < -0.4 is 5.32 Å². The average Bonchev–Trinajstić information content (AvgIpc) is 2.41. The van der Waals surface area contributed by atoms with Crippen LogP contribution >= 0.6 is 15.9 Å². The highest BCUT2D eigenvalue weighted by Gasteiger charge is 2.08. The number of rotatable bonds is 3. The molecule has 0 radical (unpaired) electrons. The third-order valence-corrected chi connectivity index (χ3v) is 3.45. The molecule has 0 spiro atoms. The summed E-state index contributed by atoms with van der Waals surface area (Å²) in [5.41, 5.74) is 1.59. The van der Waals surface area contributed by atoms with Crippen LogP contribution in [0.25, 0.3) is 0 Å². The summed E-state index contributed by atoms with van der Waals surface area (Å²) in [6.07, 6.45) is 0. The summed E-state index contributed by atoms with van der Waals surface area (Å²) in [5.74, 6) is -0.802. The van der Waals surface area contributed by atoms with Gasteiger partial charge in [-0.25, -0.2) is 8.78 Å². The Hall–Kier alpha value is -1.93. The Morgan fingerprint density at radius 2 is 1.95 bits per heavy atom. The van der Waals surface area contributed by atoms with Gasteiger partial charge < -0.3 is 5.32 Å². The molecule has 2 rings (SSSR count). The van der Waals surface area contributed by atoms with Gasteiger partial charge in [0.1, 0.15) is 11.6 Å². The first-order valence-corrected chi connectivity index (χ1v) is 6.68. The van der Waals surface area contributed by atoms with Crippen molar-refractivity contribution in [3.63, 3.8) is 0 Å². The van der Waals surface area contributed by atoms with Crippen molar-refractivity contribution in [3.05, 3.63) is 63.1 Å². The van der Waals surface area contributed by atoms with Crippen LogP contribution in [0, 0.1) is 29.9 Å². The molecule has 2 nitrogen and oxygen atoms in total. The Labute approximate surface area is 124 Å². The Bertz CT molecular complexity index is 693. The van der Waals surface area contributed by atoms with E-state index in [-0.39, 0.29) is 17.9 Å². The van der Waals surface area contributed by atoms with Crippen LogP contribution in [0.2, 0.25) is 0 Å². The predicted octanol–water partition coefficient (Wildman–Crippen LogP) is 4.52. The van der Waals surface area contributed by atoms with Crippen LogP contribution in [-0.4, -0.2) is 0 Å². The zero-order chi connectivity index (χ0) is 14.7. The lowest BCUT2D eigenvalue weighted by Crippen LogP contribution is -2.04. The molecule has 0 aliphatic rings. The number of hydrogen-bond donors (Lipinski definition) is 1. The smallest absolute Gasteiger partial charge is 0.129 e. The van der Waals surface area contributed by atoms with Gasteiger partial charge in [-0.15, -0.1) is 0 Å². The molecule has 0 fully saturated rings. The van der Waals surface area contributed by atoms with E-state index in [9.17, 15) is 8.78 Å². The van der Waals surface area contributed by atoms with Gasteiger partial charge in [-0.2, -0.15) is 5.26 Å². The molecule has 0 bridgehead atoms. The highest BCUT2D eigenvalue weighted by molar-refractivity contribution is 9.10. The van der Waals surface area contributed by atoms with E-state index in [1.165, 1.54) is 12.1 Å². The summed E-state index contributed by atoms with van der Waals surface area (Å²) in [4.78, 5) is 0. The van der Waals surface area contributed by atoms with Gasteiger partial charge in [-0.1, -0.05) is 22.0 Å². The van der Waals surface area contributed by atoms with Crippen LogP contribution in [-0.2, 0) is 6.54 Å². The van der Waals surface area contributed by atoms with Gasteiger partial charge in [0, 0.05) is 27.8 Å². The van der Waals surface area contributed by atoms with Crippen molar-refractivity contribution >= 4 is 21.6 Å². The summed E-state index contributed by atoms with van der Waals surface area (Å²) >= 11 is 3.19. The van der Waals surface area contributed by atoms with Crippen LogP contribution in [0.15, 0.2) is 34.8 Å². The summed E-state index contributed by atoms with van der Waals surface area (Å²) < 4.78 is 28.0. The molecule has 2 aromatic rings. The molecular weight excluding hydrogens is 326 g/mol. The fourth-order valence-electron chi connectivity index (χ4n) is 1.78. The van der Waals surface area contributed by atoms with E-state index in [2.05, 4.69) is 21.2 Å². The van der Waals surface area contributed by atoms with Gasteiger partial charge in [0.05, 0.1) is 11.6 Å². The van der Waals surface area contributed by atoms with E-state index < -0.39 is 5.82 Å². The molecule has 0 saturated heterocycles. The minimum absolute atomic E-state index is 0.217. The summed E-state index contributed by atoms with van der Waals surface area (Å²) in [6, 6.07) is 9.38. The molecule has 0 amide bonds. The van der Waals surface area contributed by atoms with Crippen molar-refractivity contribution in [1.82, 2.24) is 0 Å². The minimum atomic E-state index is -0.456. The Morgan fingerprint density at radius 1 is 1.20 bits per heavy atom. The van der Waals surface area contributed by atoms with Gasteiger partial charge in [-0.3, -0.25) is 0 Å². The van der Waals surface area contributed by atoms with Crippen molar-refractivity contribution in [2.24, 2.45) is 0 Å². The third-order valence-electron chi connectivity index (χ3n) is 2.96. The number of nitrogens with one attached hydrogen (secondary N) is 1. The Balaban J connectivity index is 2.23. The number of hydrogen-bond acceptors (Lipinski definition) is 2. The molecule has 2 aromatic carbocycles. The van der Waals surface area contributed by atoms with Gasteiger partial charge in [0.25, 0.3) is 0 Å². The molecule has 0 heterocycles. The quantitative estimate of drug-likeness (QED) is 0.894. The van der Waals surface area contributed by atoms with Crippen molar-refractivity contribution < 1.29 is 8.78 Å². The number of nitrogens with zero attached hydrogens (tertiary/aromatic N) is 1. The maximum Gasteiger partial charge on any atom is 0.129 e. The topological polar surface area (TPSA) is 35.8 Å². The number of benzene rings is 2. The van der Waals surface area contributed by atoms with E-state index >= 15 is 0 Å². The number of nitriles is 1. The first kappa shape index (κ1) is 14.5. The molecule has 1 N–H and O–H groups in total. The molecule has 0 aliphatic heterocycles. The monoisotopic (exact) mass is 336 g/mol. The molecule has 5 heteroatoms. The van der Waals surface area contributed by atoms with Gasteiger partial charge in [-0.05, 0) is 31.2 Å². The minimum Gasteiger partial charge on any atom is -0.381 e. The summed E-state index contributed by atoms with van der Waals surface area (Å²) in [7, 11) is 0. The van der Waals surface area contributed by atoms with E-state index in [0.717, 1.165) is 0 Å². The van der Waals surface area contributed by atoms with E-state index in [4.69, 9.17) is 5.26 Å². The van der Waals surface area contributed by atoms with Crippen LogP contribution in [0.4, 0.5) is 14.5 Å². The lowest BCUT2D eigenvalue weighted by Gasteiger charge is -2.11. The summed E-state index contributed by atoms with van der Waals surface area (Å²) in [5, 5.41) is 11.8. The standard InChI is InChI=1S/C15H11BrF2N2/c1-9-13(17)4-10(7-19)5-15(9)20-8-11-2-3-12(16)6-14(11)18/h2-6,20H,8H2,1H3. The molecule has 0 saturated carbocycles. The highest BCUT2D eigenvalue weighted by atomic mass is 79.9.